The van der Waals surface area contributed by atoms with E-state index in [0.29, 0.717) is 12.2 Å². The summed E-state index contributed by atoms with van der Waals surface area (Å²) < 4.78 is 0. The Hall–Kier alpha value is -1.15. The highest BCUT2D eigenvalue weighted by Gasteiger charge is 2.23. The van der Waals surface area contributed by atoms with Gasteiger partial charge in [0.2, 0.25) is 0 Å². The molecular formula is C14H19NO. The predicted molar refractivity (Wildman–Crippen MR) is 65.2 cm³/mol. The number of hydrogen-bond acceptors (Lipinski definition) is 2. The van der Waals surface area contributed by atoms with Crippen LogP contribution in [0, 0.1) is 12.8 Å². The van der Waals surface area contributed by atoms with Crippen LogP contribution in [-0.2, 0) is 11.3 Å². The molecule has 2 heteroatoms. The first-order valence-corrected chi connectivity index (χ1v) is 5.96. The molecule has 0 amide bonds. The lowest BCUT2D eigenvalue weighted by atomic mass is 9.98. The lowest BCUT2D eigenvalue weighted by molar-refractivity contribution is -0.125. The normalized spacial score (nSPS) is 22.4. The van der Waals surface area contributed by atoms with E-state index in [4.69, 9.17) is 0 Å². The lowest BCUT2D eigenvalue weighted by Gasteiger charge is -2.29. The fourth-order valence-corrected chi connectivity index (χ4v) is 2.31. The van der Waals surface area contributed by atoms with E-state index < -0.39 is 0 Å². The Balaban J connectivity index is 1.98. The first-order valence-electron chi connectivity index (χ1n) is 5.96. The monoisotopic (exact) mass is 217 g/mol. The minimum atomic E-state index is 0.207. The number of carbonyl (C=O) groups excluding carboxylic acids is 1. The summed E-state index contributed by atoms with van der Waals surface area (Å²) in [6.07, 6.45) is 0.715. The van der Waals surface area contributed by atoms with Gasteiger partial charge >= 0.3 is 0 Å². The van der Waals surface area contributed by atoms with Crippen LogP contribution in [0.5, 0.6) is 0 Å². The summed E-state index contributed by atoms with van der Waals surface area (Å²) in [6, 6.07) is 8.60. The molecule has 0 N–H and O–H groups in total. The Labute approximate surface area is 97.3 Å². The van der Waals surface area contributed by atoms with Crippen LogP contribution in [0.2, 0.25) is 0 Å². The van der Waals surface area contributed by atoms with Gasteiger partial charge in [-0.2, -0.15) is 0 Å². The first-order chi connectivity index (χ1) is 7.65. The molecule has 2 nitrogen and oxygen atoms in total. The van der Waals surface area contributed by atoms with Crippen LogP contribution in [0.4, 0.5) is 0 Å². The summed E-state index contributed by atoms with van der Waals surface area (Å²) in [7, 11) is 0. The van der Waals surface area contributed by atoms with E-state index in [1.807, 2.05) is 6.92 Å². The number of nitrogens with zero attached hydrogens (tertiary/aromatic N) is 1. The van der Waals surface area contributed by atoms with E-state index in [0.717, 1.165) is 19.6 Å². The molecule has 0 aromatic heterocycles. The summed E-state index contributed by atoms with van der Waals surface area (Å²) in [6.45, 7) is 6.94. The maximum Gasteiger partial charge on any atom is 0.138 e. The molecule has 2 rings (SSSR count). The van der Waals surface area contributed by atoms with Gasteiger partial charge in [0.1, 0.15) is 5.78 Å². The van der Waals surface area contributed by atoms with Gasteiger partial charge in [-0.05, 0) is 12.5 Å². The van der Waals surface area contributed by atoms with Crippen LogP contribution >= 0.6 is 0 Å². The quantitative estimate of drug-likeness (QED) is 0.758. The summed E-state index contributed by atoms with van der Waals surface area (Å²) in [5, 5.41) is 0. The van der Waals surface area contributed by atoms with E-state index in [1.165, 1.54) is 11.1 Å². The zero-order chi connectivity index (χ0) is 11.5. The van der Waals surface area contributed by atoms with Gasteiger partial charge in [-0.3, -0.25) is 9.69 Å². The third kappa shape index (κ3) is 2.70. The largest absolute Gasteiger partial charge is 0.299 e. The van der Waals surface area contributed by atoms with Gasteiger partial charge in [-0.25, -0.2) is 0 Å². The molecule has 0 spiro atoms. The second-order valence-corrected chi connectivity index (χ2v) is 4.84. The van der Waals surface area contributed by atoms with Gasteiger partial charge in [0.05, 0.1) is 0 Å². The Kier molecular flexibility index (Phi) is 3.39. The zero-order valence-electron chi connectivity index (χ0n) is 10.1. The molecule has 0 saturated carbocycles. The molecule has 1 unspecified atom stereocenters. The molecule has 1 atom stereocenters. The minimum absolute atomic E-state index is 0.207. The van der Waals surface area contributed by atoms with Crippen LogP contribution in [-0.4, -0.2) is 23.8 Å². The number of hydrogen-bond donors (Lipinski definition) is 0. The number of aryl methyl sites for hydroxylation is 1. The SMILES string of the molecule is Cc1cccc(CN2CCC(=O)C(C)C2)c1. The van der Waals surface area contributed by atoms with E-state index >= 15 is 0 Å². The zero-order valence-corrected chi connectivity index (χ0v) is 10.1. The van der Waals surface area contributed by atoms with Crippen molar-refractivity contribution in [1.82, 2.24) is 4.90 Å². The van der Waals surface area contributed by atoms with Crippen molar-refractivity contribution < 1.29 is 4.79 Å². The minimum Gasteiger partial charge on any atom is -0.299 e. The number of rotatable bonds is 2. The number of benzene rings is 1. The number of ketones is 1. The summed E-state index contributed by atoms with van der Waals surface area (Å²) >= 11 is 0. The van der Waals surface area contributed by atoms with Crippen LogP contribution in [0.25, 0.3) is 0 Å². The topological polar surface area (TPSA) is 20.3 Å². The molecule has 0 radical (unpaired) electrons. The van der Waals surface area contributed by atoms with Gasteiger partial charge in [0.25, 0.3) is 0 Å². The number of likely N-dealkylation sites (tertiary alicyclic amines) is 1. The van der Waals surface area contributed by atoms with Crippen molar-refractivity contribution in [3.05, 3.63) is 35.4 Å². The van der Waals surface area contributed by atoms with Crippen LogP contribution < -0.4 is 0 Å². The van der Waals surface area contributed by atoms with E-state index in [-0.39, 0.29) is 5.92 Å². The molecule has 86 valence electrons. The van der Waals surface area contributed by atoms with Gasteiger partial charge in [-0.15, -0.1) is 0 Å². The van der Waals surface area contributed by atoms with E-state index in [1.54, 1.807) is 0 Å². The van der Waals surface area contributed by atoms with Gasteiger partial charge in [0, 0.05) is 32.0 Å². The molecule has 0 aliphatic carbocycles. The van der Waals surface area contributed by atoms with Crippen molar-refractivity contribution in [3.8, 4) is 0 Å². The number of Topliss-reactive ketones (excluding diaryl/α,β-unsaturated/α-hetero) is 1. The maximum atomic E-state index is 11.4. The molecule has 16 heavy (non-hydrogen) atoms. The molecule has 1 fully saturated rings. The van der Waals surface area contributed by atoms with Gasteiger partial charge < -0.3 is 0 Å². The molecule has 1 saturated heterocycles. The third-order valence-electron chi connectivity index (χ3n) is 3.24. The summed E-state index contributed by atoms with van der Waals surface area (Å²) in [5.41, 5.74) is 2.65. The number of carbonyl (C=O) groups is 1. The lowest BCUT2D eigenvalue weighted by Crippen LogP contribution is -2.38. The van der Waals surface area contributed by atoms with Crippen LogP contribution in [0.15, 0.2) is 24.3 Å². The maximum absolute atomic E-state index is 11.4. The molecule has 1 aromatic rings. The second-order valence-electron chi connectivity index (χ2n) is 4.84. The van der Waals surface area contributed by atoms with E-state index in [2.05, 4.69) is 36.1 Å². The second kappa shape index (κ2) is 4.79. The Morgan fingerprint density at radius 2 is 2.25 bits per heavy atom. The summed E-state index contributed by atoms with van der Waals surface area (Å²) in [5.74, 6) is 0.624. The Bertz CT molecular complexity index is 386. The van der Waals surface area contributed by atoms with Gasteiger partial charge in [-0.1, -0.05) is 36.8 Å². The van der Waals surface area contributed by atoms with E-state index in [9.17, 15) is 4.79 Å². The average Bonchev–Trinajstić information content (AvgIpc) is 2.24. The van der Waals surface area contributed by atoms with Crippen molar-refractivity contribution >= 4 is 5.78 Å². The molecule has 1 heterocycles. The fourth-order valence-electron chi connectivity index (χ4n) is 2.31. The Morgan fingerprint density at radius 3 is 2.94 bits per heavy atom. The molecule has 1 aromatic carbocycles. The molecule has 1 aliphatic rings. The first kappa shape index (κ1) is 11.3. The predicted octanol–water partition coefficient (Wildman–Crippen LogP) is 2.41. The fraction of sp³-hybridized carbons (Fsp3) is 0.500. The summed E-state index contributed by atoms with van der Waals surface area (Å²) in [4.78, 5) is 13.8. The standard InChI is InChI=1S/C14H19NO/c1-11-4-3-5-13(8-11)10-15-7-6-14(16)12(2)9-15/h3-5,8,12H,6-7,9-10H2,1-2H3. The highest BCUT2D eigenvalue weighted by Crippen LogP contribution is 2.15. The van der Waals surface area contributed by atoms with Gasteiger partial charge in [0.15, 0.2) is 0 Å². The van der Waals surface area contributed by atoms with Crippen molar-refractivity contribution in [2.45, 2.75) is 26.8 Å². The van der Waals surface area contributed by atoms with Crippen LogP contribution in [0.3, 0.4) is 0 Å². The Morgan fingerprint density at radius 1 is 1.44 bits per heavy atom. The highest BCUT2D eigenvalue weighted by molar-refractivity contribution is 5.81. The third-order valence-corrected chi connectivity index (χ3v) is 3.24. The van der Waals surface area contributed by atoms with Crippen molar-refractivity contribution in [3.63, 3.8) is 0 Å². The average molecular weight is 217 g/mol. The highest BCUT2D eigenvalue weighted by atomic mass is 16.1. The molecular weight excluding hydrogens is 198 g/mol. The van der Waals surface area contributed by atoms with Crippen molar-refractivity contribution in [2.75, 3.05) is 13.1 Å². The molecule has 1 aliphatic heterocycles. The van der Waals surface area contributed by atoms with Crippen molar-refractivity contribution in [2.24, 2.45) is 5.92 Å². The van der Waals surface area contributed by atoms with Crippen LogP contribution in [0.1, 0.15) is 24.5 Å². The smallest absolute Gasteiger partial charge is 0.138 e. The van der Waals surface area contributed by atoms with Crippen molar-refractivity contribution in [1.29, 1.82) is 0 Å². The molecule has 0 bridgehead atoms. The number of piperidine rings is 1.